The number of hydrogen-bond acceptors (Lipinski definition) is 2. The van der Waals surface area contributed by atoms with E-state index < -0.39 is 0 Å². The van der Waals surface area contributed by atoms with Gasteiger partial charge in [0.2, 0.25) is 11.8 Å². The number of primary amides is 2. The third-order valence-corrected chi connectivity index (χ3v) is 4.95. The van der Waals surface area contributed by atoms with Gasteiger partial charge in [0.1, 0.15) is 0 Å². The predicted molar refractivity (Wildman–Crippen MR) is 99.4 cm³/mol. The van der Waals surface area contributed by atoms with Crippen LogP contribution in [0.2, 0.25) is 0 Å². The third kappa shape index (κ3) is 11.4. The Labute approximate surface area is 148 Å². The Morgan fingerprint density at radius 3 is 1.48 bits per heavy atom. The van der Waals surface area contributed by atoms with Crippen molar-refractivity contribution in [1.82, 2.24) is 0 Å². The average molecular weight is 349 g/mol. The van der Waals surface area contributed by atoms with Gasteiger partial charge in [-0.3, -0.25) is 9.59 Å². The van der Waals surface area contributed by atoms with E-state index in [0.29, 0.717) is 6.42 Å². The van der Waals surface area contributed by atoms with Crippen LogP contribution in [0, 0.1) is 5.41 Å². The zero-order valence-corrected chi connectivity index (χ0v) is 15.9. The minimum atomic E-state index is -0.277. The summed E-state index contributed by atoms with van der Waals surface area (Å²) >= 11 is 0. The number of halogens is 1. The summed E-state index contributed by atoms with van der Waals surface area (Å²) in [6.45, 7) is 4.12. The van der Waals surface area contributed by atoms with Crippen LogP contribution in [0.5, 0.6) is 0 Å². The van der Waals surface area contributed by atoms with Crippen molar-refractivity contribution >= 4 is 24.2 Å². The van der Waals surface area contributed by atoms with Crippen molar-refractivity contribution < 1.29 is 9.59 Å². The molecule has 0 aliphatic carbocycles. The maximum absolute atomic E-state index is 11.6. The van der Waals surface area contributed by atoms with Gasteiger partial charge in [-0.05, 0) is 25.7 Å². The molecule has 2 amide bonds. The van der Waals surface area contributed by atoms with E-state index >= 15 is 0 Å². The molecule has 0 aliphatic heterocycles. The Bertz CT molecular complexity index is 318. The molecule has 0 unspecified atom stereocenters. The molecule has 23 heavy (non-hydrogen) atoms. The van der Waals surface area contributed by atoms with Gasteiger partial charge < -0.3 is 11.5 Å². The molecule has 0 aromatic carbocycles. The van der Waals surface area contributed by atoms with Gasteiger partial charge in [-0.2, -0.15) is 0 Å². The molecule has 138 valence electrons. The van der Waals surface area contributed by atoms with Crippen molar-refractivity contribution in [2.24, 2.45) is 16.9 Å². The molecule has 0 fully saturated rings. The maximum atomic E-state index is 11.6. The Kier molecular flexibility index (Phi) is 15.8. The van der Waals surface area contributed by atoms with E-state index in [2.05, 4.69) is 13.8 Å². The molecular weight excluding hydrogens is 312 g/mol. The average Bonchev–Trinajstić information content (AvgIpc) is 2.48. The number of hydrogen-bond donors (Lipinski definition) is 2. The molecule has 0 radical (unpaired) electrons. The van der Waals surface area contributed by atoms with Crippen molar-refractivity contribution in [3.8, 4) is 0 Å². The van der Waals surface area contributed by atoms with Crippen LogP contribution in [0.25, 0.3) is 0 Å². The highest BCUT2D eigenvalue weighted by Gasteiger charge is 2.31. The highest BCUT2D eigenvalue weighted by atomic mass is 35.5. The largest absolute Gasteiger partial charge is 0.370 e. The molecule has 4 nitrogen and oxygen atoms in total. The molecule has 0 atom stereocenters. The number of amides is 2. The predicted octanol–water partition coefficient (Wildman–Crippen LogP) is 4.48. The van der Waals surface area contributed by atoms with E-state index in [9.17, 15) is 9.59 Å². The molecule has 0 spiro atoms. The number of rotatable bonds is 15. The van der Waals surface area contributed by atoms with Crippen LogP contribution in [-0.4, -0.2) is 11.8 Å². The van der Waals surface area contributed by atoms with Gasteiger partial charge in [-0.15, -0.1) is 12.4 Å². The Hall–Kier alpha value is -0.770. The minimum absolute atomic E-state index is 0. The Balaban J connectivity index is 0. The molecular formula is C18H37ClN2O2. The van der Waals surface area contributed by atoms with E-state index in [1.165, 1.54) is 38.5 Å². The summed E-state index contributed by atoms with van der Waals surface area (Å²) in [4.78, 5) is 22.2. The molecule has 0 heterocycles. The number of carbonyl (C=O) groups is 2. The first-order chi connectivity index (χ1) is 10.5. The van der Waals surface area contributed by atoms with Crippen LogP contribution in [-0.2, 0) is 9.59 Å². The van der Waals surface area contributed by atoms with Gasteiger partial charge in [-0.25, -0.2) is 0 Å². The first-order valence-electron chi connectivity index (χ1n) is 9.06. The minimum Gasteiger partial charge on any atom is -0.370 e. The second-order valence-corrected chi connectivity index (χ2v) is 6.50. The quantitative estimate of drug-likeness (QED) is 0.427. The molecule has 0 bridgehead atoms. The molecule has 0 rings (SSSR count). The van der Waals surface area contributed by atoms with E-state index in [1.807, 2.05) is 0 Å². The van der Waals surface area contributed by atoms with E-state index in [1.54, 1.807) is 0 Å². The lowest BCUT2D eigenvalue weighted by Gasteiger charge is -2.27. The zero-order chi connectivity index (χ0) is 16.8. The lowest BCUT2D eigenvalue weighted by Crippen LogP contribution is -2.36. The fourth-order valence-electron chi connectivity index (χ4n) is 3.08. The molecule has 4 N–H and O–H groups in total. The Morgan fingerprint density at radius 2 is 1.13 bits per heavy atom. The summed E-state index contributed by atoms with van der Waals surface area (Å²) in [6.07, 6.45) is 13.7. The van der Waals surface area contributed by atoms with Crippen LogP contribution in [0.15, 0.2) is 0 Å². The second kappa shape index (κ2) is 14.8. The van der Waals surface area contributed by atoms with E-state index in [4.69, 9.17) is 11.5 Å². The van der Waals surface area contributed by atoms with Crippen LogP contribution >= 0.6 is 12.4 Å². The van der Waals surface area contributed by atoms with Crippen molar-refractivity contribution in [1.29, 1.82) is 0 Å². The number of carbonyl (C=O) groups excluding carboxylic acids is 2. The lowest BCUT2D eigenvalue weighted by molar-refractivity contribution is -0.128. The third-order valence-electron chi connectivity index (χ3n) is 4.95. The summed E-state index contributed by atoms with van der Waals surface area (Å²) in [5.41, 5.74) is 10.4. The highest BCUT2D eigenvalue weighted by Crippen LogP contribution is 2.32. The van der Waals surface area contributed by atoms with Crippen LogP contribution < -0.4 is 11.5 Å². The number of unbranched alkanes of at least 4 members (excludes halogenated alkanes) is 8. The molecule has 0 aromatic rings. The van der Waals surface area contributed by atoms with Crippen LogP contribution in [0.4, 0.5) is 0 Å². The van der Waals surface area contributed by atoms with Crippen molar-refractivity contribution in [2.75, 3.05) is 0 Å². The summed E-state index contributed by atoms with van der Waals surface area (Å²) in [5, 5.41) is 0. The molecule has 0 aliphatic rings. The molecule has 0 saturated heterocycles. The fraction of sp³-hybridized carbons (Fsp3) is 0.889. The van der Waals surface area contributed by atoms with Gasteiger partial charge in [0.25, 0.3) is 0 Å². The van der Waals surface area contributed by atoms with Crippen LogP contribution in [0.1, 0.15) is 97.3 Å². The topological polar surface area (TPSA) is 86.2 Å². The second-order valence-electron chi connectivity index (χ2n) is 6.50. The van der Waals surface area contributed by atoms with E-state index in [-0.39, 0.29) is 29.6 Å². The summed E-state index contributed by atoms with van der Waals surface area (Å²) in [7, 11) is 0. The maximum Gasteiger partial charge on any atom is 0.223 e. The smallest absolute Gasteiger partial charge is 0.223 e. The fourth-order valence-corrected chi connectivity index (χ4v) is 3.08. The summed E-state index contributed by atoms with van der Waals surface area (Å²) in [6, 6.07) is 0. The standard InChI is InChI=1S/C18H36N2O2.ClH/c1-3-18(4-2,17(20)22)15-13-11-9-7-5-6-8-10-12-14-16(19)21;/h3-15H2,1-2H3,(H2,19,21)(H2,20,22);1H. The molecule has 0 saturated carbocycles. The van der Waals surface area contributed by atoms with Gasteiger partial charge in [0, 0.05) is 11.8 Å². The lowest BCUT2D eigenvalue weighted by atomic mass is 9.77. The van der Waals surface area contributed by atoms with Crippen molar-refractivity contribution in [3.05, 3.63) is 0 Å². The van der Waals surface area contributed by atoms with E-state index in [0.717, 1.165) is 38.5 Å². The first kappa shape index (κ1) is 24.5. The SMILES string of the molecule is CCC(CC)(CCCCCCCCCCCC(N)=O)C(N)=O.Cl. The normalized spacial score (nSPS) is 11.0. The van der Waals surface area contributed by atoms with Crippen molar-refractivity contribution in [2.45, 2.75) is 97.3 Å². The number of nitrogens with two attached hydrogens (primary N) is 2. The van der Waals surface area contributed by atoms with Crippen LogP contribution in [0.3, 0.4) is 0 Å². The summed E-state index contributed by atoms with van der Waals surface area (Å²) < 4.78 is 0. The zero-order valence-electron chi connectivity index (χ0n) is 15.1. The van der Waals surface area contributed by atoms with Gasteiger partial charge in [0.15, 0.2) is 0 Å². The highest BCUT2D eigenvalue weighted by molar-refractivity contribution is 5.85. The first-order valence-corrected chi connectivity index (χ1v) is 9.06. The molecule has 5 heteroatoms. The monoisotopic (exact) mass is 348 g/mol. The van der Waals surface area contributed by atoms with Crippen molar-refractivity contribution in [3.63, 3.8) is 0 Å². The Morgan fingerprint density at radius 1 is 0.739 bits per heavy atom. The van der Waals surface area contributed by atoms with Gasteiger partial charge >= 0.3 is 0 Å². The summed E-state index contributed by atoms with van der Waals surface area (Å²) in [5.74, 6) is -0.320. The van der Waals surface area contributed by atoms with Gasteiger partial charge in [-0.1, -0.05) is 65.2 Å². The molecule has 0 aromatic heterocycles. The van der Waals surface area contributed by atoms with Gasteiger partial charge in [0.05, 0.1) is 0 Å².